The van der Waals surface area contributed by atoms with E-state index in [1.165, 1.54) is 0 Å². The summed E-state index contributed by atoms with van der Waals surface area (Å²) in [5.41, 5.74) is 7.16. The molecule has 1 aliphatic rings. The molecule has 1 heterocycles. The van der Waals surface area contributed by atoms with Gasteiger partial charge in [0.15, 0.2) is 0 Å². The van der Waals surface area contributed by atoms with Gasteiger partial charge >= 0.3 is 0 Å². The topological polar surface area (TPSA) is 49.6 Å². The van der Waals surface area contributed by atoms with E-state index in [0.717, 1.165) is 30.8 Å². The number of halogens is 1. The van der Waals surface area contributed by atoms with Gasteiger partial charge in [-0.3, -0.25) is 4.79 Å². The summed E-state index contributed by atoms with van der Waals surface area (Å²) in [6.07, 6.45) is 0.926. The first-order valence-corrected chi connectivity index (χ1v) is 6.86. The van der Waals surface area contributed by atoms with Crippen molar-refractivity contribution >= 4 is 40.4 Å². The number of rotatable bonds is 2. The lowest BCUT2D eigenvalue weighted by Crippen LogP contribution is -2.34. The van der Waals surface area contributed by atoms with Gasteiger partial charge in [0, 0.05) is 25.7 Å². The number of hydrogen-bond acceptors (Lipinski definition) is 3. The van der Waals surface area contributed by atoms with Crippen molar-refractivity contribution in [3.63, 3.8) is 0 Å². The molecule has 1 fully saturated rings. The monoisotopic (exact) mass is 297 g/mol. The van der Waals surface area contributed by atoms with Crippen LogP contribution in [0.25, 0.3) is 0 Å². The Morgan fingerprint density at radius 2 is 2.16 bits per heavy atom. The molecular formula is C13H16ClN3OS. The van der Waals surface area contributed by atoms with Gasteiger partial charge in [0.2, 0.25) is 5.91 Å². The molecule has 0 unspecified atom stereocenters. The van der Waals surface area contributed by atoms with E-state index in [2.05, 4.69) is 0 Å². The van der Waals surface area contributed by atoms with Gasteiger partial charge in [-0.1, -0.05) is 23.8 Å². The summed E-state index contributed by atoms with van der Waals surface area (Å²) in [5, 5.41) is 0.572. The summed E-state index contributed by atoms with van der Waals surface area (Å²) in [5.74, 6) is 0.104. The van der Waals surface area contributed by atoms with E-state index in [1.54, 1.807) is 11.0 Å². The highest BCUT2D eigenvalue weighted by atomic mass is 35.5. The highest BCUT2D eigenvalue weighted by Gasteiger charge is 2.20. The van der Waals surface area contributed by atoms with Gasteiger partial charge in [0.05, 0.1) is 17.3 Å². The highest BCUT2D eigenvalue weighted by Crippen LogP contribution is 2.27. The maximum atomic E-state index is 11.9. The lowest BCUT2D eigenvalue weighted by Gasteiger charge is -2.23. The van der Waals surface area contributed by atoms with Crippen LogP contribution in [0, 0.1) is 0 Å². The van der Waals surface area contributed by atoms with Crippen molar-refractivity contribution in [1.82, 2.24) is 4.90 Å². The molecule has 0 aromatic heterocycles. The quantitative estimate of drug-likeness (QED) is 0.843. The van der Waals surface area contributed by atoms with Crippen LogP contribution in [0.15, 0.2) is 18.2 Å². The van der Waals surface area contributed by atoms with Gasteiger partial charge in [-0.25, -0.2) is 0 Å². The second-order valence-electron chi connectivity index (χ2n) is 4.62. The van der Waals surface area contributed by atoms with Crippen molar-refractivity contribution in [3.8, 4) is 0 Å². The van der Waals surface area contributed by atoms with Gasteiger partial charge in [0.1, 0.15) is 4.99 Å². The Morgan fingerprint density at radius 1 is 1.42 bits per heavy atom. The molecular weight excluding hydrogens is 282 g/mol. The molecule has 0 radical (unpaired) electrons. The minimum absolute atomic E-state index is 0.104. The summed E-state index contributed by atoms with van der Waals surface area (Å²) in [7, 11) is 1.82. The van der Waals surface area contributed by atoms with Crippen LogP contribution in [-0.4, -0.2) is 42.5 Å². The molecule has 0 aliphatic carbocycles. The van der Waals surface area contributed by atoms with Crippen LogP contribution in [0.2, 0.25) is 5.02 Å². The average Bonchev–Trinajstić information content (AvgIpc) is 2.52. The number of benzene rings is 1. The molecule has 1 amide bonds. The van der Waals surface area contributed by atoms with Crippen LogP contribution in [0.1, 0.15) is 12.0 Å². The molecule has 0 bridgehead atoms. The second-order valence-corrected chi connectivity index (χ2v) is 5.47. The molecule has 1 aliphatic heterocycles. The molecule has 0 atom stereocenters. The number of nitrogens with zero attached hydrogens (tertiary/aromatic N) is 2. The minimum atomic E-state index is 0.104. The lowest BCUT2D eigenvalue weighted by atomic mass is 10.2. The maximum Gasteiger partial charge on any atom is 0.241 e. The Bertz CT molecular complexity index is 521. The lowest BCUT2D eigenvalue weighted by molar-refractivity contribution is -0.127. The van der Waals surface area contributed by atoms with E-state index in [9.17, 15) is 4.79 Å². The summed E-state index contributed by atoms with van der Waals surface area (Å²) in [4.78, 5) is 15.9. The van der Waals surface area contributed by atoms with Gasteiger partial charge in [-0.05, 0) is 24.6 Å². The van der Waals surface area contributed by atoms with Gasteiger partial charge in [0.25, 0.3) is 0 Å². The number of amides is 1. The van der Waals surface area contributed by atoms with Crippen LogP contribution < -0.4 is 10.6 Å². The Hall–Kier alpha value is -1.33. The zero-order chi connectivity index (χ0) is 14.0. The van der Waals surface area contributed by atoms with Crippen LogP contribution in [0.3, 0.4) is 0 Å². The number of likely N-dealkylation sites (N-methyl/N-ethyl adjacent to an activating group) is 1. The Kier molecular flexibility index (Phi) is 4.27. The van der Waals surface area contributed by atoms with E-state index in [4.69, 9.17) is 29.6 Å². The van der Waals surface area contributed by atoms with E-state index >= 15 is 0 Å². The van der Waals surface area contributed by atoms with Crippen molar-refractivity contribution < 1.29 is 4.79 Å². The summed E-state index contributed by atoms with van der Waals surface area (Å²) in [6.45, 7) is 1.93. The zero-order valence-corrected chi connectivity index (χ0v) is 12.3. The summed E-state index contributed by atoms with van der Waals surface area (Å²) in [6, 6.07) is 5.45. The standard InChI is InChI=1S/C13H16ClN3OS/c1-16-5-2-6-17(8-12(16)18)11-4-3-9(13(15)19)7-10(11)14/h3-4,7H,2,5-6,8H2,1H3,(H2,15,19). The second kappa shape index (κ2) is 5.75. The summed E-state index contributed by atoms with van der Waals surface area (Å²) >= 11 is 11.2. The van der Waals surface area contributed by atoms with Crippen LogP contribution in [0.4, 0.5) is 5.69 Å². The molecule has 19 heavy (non-hydrogen) atoms. The van der Waals surface area contributed by atoms with Crippen molar-refractivity contribution in [2.45, 2.75) is 6.42 Å². The van der Waals surface area contributed by atoms with Crippen LogP contribution in [-0.2, 0) is 4.79 Å². The first-order valence-electron chi connectivity index (χ1n) is 6.07. The number of thiocarbonyl (C=S) groups is 1. The van der Waals surface area contributed by atoms with Gasteiger partial charge < -0.3 is 15.5 Å². The van der Waals surface area contributed by atoms with Crippen molar-refractivity contribution in [1.29, 1.82) is 0 Å². The van der Waals surface area contributed by atoms with E-state index in [0.29, 0.717) is 16.6 Å². The number of carbonyl (C=O) groups is 1. The molecule has 0 saturated carbocycles. The highest BCUT2D eigenvalue weighted by molar-refractivity contribution is 7.80. The fourth-order valence-corrected chi connectivity index (χ4v) is 2.54. The van der Waals surface area contributed by atoms with Gasteiger partial charge in [-0.2, -0.15) is 0 Å². The first-order chi connectivity index (χ1) is 8.99. The molecule has 6 heteroatoms. The molecule has 1 aromatic rings. The fourth-order valence-electron chi connectivity index (χ4n) is 2.11. The smallest absolute Gasteiger partial charge is 0.241 e. The predicted molar refractivity (Wildman–Crippen MR) is 81.8 cm³/mol. The molecule has 1 saturated heterocycles. The largest absolute Gasteiger partial charge is 0.389 e. The Morgan fingerprint density at radius 3 is 2.79 bits per heavy atom. The SMILES string of the molecule is CN1CCCN(c2ccc(C(N)=S)cc2Cl)CC1=O. The van der Waals surface area contributed by atoms with Crippen molar-refractivity contribution in [2.24, 2.45) is 5.73 Å². The third-order valence-corrected chi connectivity index (χ3v) is 3.78. The van der Waals surface area contributed by atoms with E-state index < -0.39 is 0 Å². The molecule has 4 nitrogen and oxygen atoms in total. The van der Waals surface area contributed by atoms with E-state index in [1.807, 2.05) is 24.1 Å². The number of nitrogens with two attached hydrogens (primary N) is 1. The van der Waals surface area contributed by atoms with Crippen LogP contribution >= 0.6 is 23.8 Å². The normalized spacial score (nSPS) is 16.4. The number of carbonyl (C=O) groups excluding carboxylic acids is 1. The summed E-state index contributed by atoms with van der Waals surface area (Å²) < 4.78 is 0. The van der Waals surface area contributed by atoms with Crippen LogP contribution in [0.5, 0.6) is 0 Å². The Labute approximate surface area is 123 Å². The minimum Gasteiger partial charge on any atom is -0.389 e. The molecule has 102 valence electrons. The molecule has 2 N–H and O–H groups in total. The molecule has 1 aromatic carbocycles. The predicted octanol–water partition coefficient (Wildman–Crippen LogP) is 1.64. The number of anilines is 1. The molecule has 0 spiro atoms. The first kappa shape index (κ1) is 14.1. The number of hydrogen-bond donors (Lipinski definition) is 1. The third kappa shape index (κ3) is 3.16. The third-order valence-electron chi connectivity index (χ3n) is 3.25. The van der Waals surface area contributed by atoms with Gasteiger partial charge in [-0.15, -0.1) is 0 Å². The molecule has 2 rings (SSSR count). The zero-order valence-electron chi connectivity index (χ0n) is 10.7. The maximum absolute atomic E-state index is 11.9. The fraction of sp³-hybridized carbons (Fsp3) is 0.385. The average molecular weight is 298 g/mol. The van der Waals surface area contributed by atoms with E-state index in [-0.39, 0.29) is 5.91 Å². The van der Waals surface area contributed by atoms with Crippen molar-refractivity contribution in [2.75, 3.05) is 31.6 Å². The van der Waals surface area contributed by atoms with Crippen molar-refractivity contribution in [3.05, 3.63) is 28.8 Å². The Balaban J connectivity index is 2.26.